The lowest BCUT2D eigenvalue weighted by molar-refractivity contribution is 0.1000. The van der Waals surface area contributed by atoms with Crippen molar-refractivity contribution < 1.29 is 9.21 Å². The summed E-state index contributed by atoms with van der Waals surface area (Å²) < 4.78 is 5.81. The van der Waals surface area contributed by atoms with Gasteiger partial charge < -0.3 is 15.5 Å². The SMILES string of the molecule is Cc1oc2nc(C3CCc4cccnc43)nc(NC3(C)CC3)c2c1C(N)=O. The number of amides is 1. The van der Waals surface area contributed by atoms with Crippen LogP contribution in [0.3, 0.4) is 0 Å². The fourth-order valence-corrected chi connectivity index (χ4v) is 3.93. The minimum atomic E-state index is -0.528. The number of carbonyl (C=O) groups is 1. The van der Waals surface area contributed by atoms with E-state index in [1.54, 1.807) is 6.92 Å². The number of rotatable bonds is 4. The van der Waals surface area contributed by atoms with Crippen molar-refractivity contribution in [3.63, 3.8) is 0 Å². The lowest BCUT2D eigenvalue weighted by atomic mass is 10.1. The number of carbonyl (C=O) groups excluding carboxylic acids is 1. The van der Waals surface area contributed by atoms with Gasteiger partial charge in [-0.1, -0.05) is 6.07 Å². The molecular formula is C20H21N5O2. The molecule has 0 bridgehead atoms. The highest BCUT2D eigenvalue weighted by Gasteiger charge is 2.39. The molecule has 1 saturated carbocycles. The molecule has 3 N–H and O–H groups in total. The third-order valence-electron chi connectivity index (χ3n) is 5.68. The van der Waals surface area contributed by atoms with Gasteiger partial charge in [-0.25, -0.2) is 4.98 Å². The van der Waals surface area contributed by atoms with Crippen LogP contribution in [-0.4, -0.2) is 26.4 Å². The summed E-state index contributed by atoms with van der Waals surface area (Å²) in [5.41, 5.74) is 8.62. The fraction of sp³-hybridized carbons (Fsp3) is 0.400. The van der Waals surface area contributed by atoms with Crippen LogP contribution >= 0.6 is 0 Å². The summed E-state index contributed by atoms with van der Waals surface area (Å²) in [5, 5.41) is 4.07. The van der Waals surface area contributed by atoms with Crippen molar-refractivity contribution in [3.05, 3.63) is 46.7 Å². The van der Waals surface area contributed by atoms with E-state index in [0.717, 1.165) is 31.4 Å². The first-order valence-corrected chi connectivity index (χ1v) is 9.28. The van der Waals surface area contributed by atoms with E-state index in [9.17, 15) is 4.79 Å². The molecule has 0 aliphatic heterocycles. The zero-order valence-corrected chi connectivity index (χ0v) is 15.4. The predicted molar refractivity (Wildman–Crippen MR) is 101 cm³/mol. The van der Waals surface area contributed by atoms with E-state index >= 15 is 0 Å². The van der Waals surface area contributed by atoms with Crippen LogP contribution in [0.25, 0.3) is 11.1 Å². The molecule has 3 heterocycles. The lowest BCUT2D eigenvalue weighted by Gasteiger charge is -2.16. The maximum atomic E-state index is 12.0. The number of pyridine rings is 1. The van der Waals surface area contributed by atoms with Crippen LogP contribution in [0.5, 0.6) is 0 Å². The van der Waals surface area contributed by atoms with Crippen molar-refractivity contribution in [3.8, 4) is 0 Å². The highest BCUT2D eigenvalue weighted by molar-refractivity contribution is 6.09. The third kappa shape index (κ3) is 2.57. The first-order valence-electron chi connectivity index (χ1n) is 9.28. The van der Waals surface area contributed by atoms with E-state index in [1.165, 1.54) is 5.56 Å². The second-order valence-corrected chi connectivity index (χ2v) is 7.83. The summed E-state index contributed by atoms with van der Waals surface area (Å²) in [5.74, 6) is 1.28. The van der Waals surface area contributed by atoms with Gasteiger partial charge >= 0.3 is 0 Å². The van der Waals surface area contributed by atoms with Gasteiger partial charge in [0.15, 0.2) is 0 Å². The number of hydrogen-bond acceptors (Lipinski definition) is 6. The molecule has 0 saturated heterocycles. The zero-order chi connectivity index (χ0) is 18.8. The van der Waals surface area contributed by atoms with Gasteiger partial charge in [0.1, 0.15) is 17.4 Å². The minimum Gasteiger partial charge on any atom is -0.442 e. The van der Waals surface area contributed by atoms with E-state index in [0.29, 0.717) is 34.1 Å². The molecule has 7 heteroatoms. The van der Waals surface area contributed by atoms with Crippen molar-refractivity contribution in [2.45, 2.75) is 51.0 Å². The van der Waals surface area contributed by atoms with Crippen LogP contribution in [0.1, 0.15) is 65.3 Å². The average molecular weight is 363 g/mol. The van der Waals surface area contributed by atoms with Gasteiger partial charge in [-0.3, -0.25) is 9.78 Å². The van der Waals surface area contributed by atoms with E-state index in [2.05, 4.69) is 28.3 Å². The van der Waals surface area contributed by atoms with E-state index < -0.39 is 5.91 Å². The van der Waals surface area contributed by atoms with Gasteiger partial charge in [0, 0.05) is 11.7 Å². The van der Waals surface area contributed by atoms with Crippen LogP contribution in [0.4, 0.5) is 5.82 Å². The van der Waals surface area contributed by atoms with Gasteiger partial charge in [-0.05, 0) is 51.2 Å². The van der Waals surface area contributed by atoms with Crippen molar-refractivity contribution >= 4 is 22.8 Å². The van der Waals surface area contributed by atoms with Crippen LogP contribution in [-0.2, 0) is 6.42 Å². The number of nitrogens with one attached hydrogen (secondary N) is 1. The van der Waals surface area contributed by atoms with E-state index in [-0.39, 0.29) is 11.5 Å². The van der Waals surface area contributed by atoms with Crippen molar-refractivity contribution in [2.75, 3.05) is 5.32 Å². The molecule has 1 amide bonds. The molecule has 0 spiro atoms. The van der Waals surface area contributed by atoms with Crippen LogP contribution in [0.2, 0.25) is 0 Å². The van der Waals surface area contributed by atoms with Gasteiger partial charge in [0.25, 0.3) is 5.91 Å². The quantitative estimate of drug-likeness (QED) is 0.738. The molecular weight excluding hydrogens is 342 g/mol. The first-order chi connectivity index (χ1) is 13.0. The number of anilines is 1. The summed E-state index contributed by atoms with van der Waals surface area (Å²) in [6.07, 6.45) is 5.80. The molecule has 1 unspecified atom stereocenters. The predicted octanol–water partition coefficient (Wildman–Crippen LogP) is 3.07. The number of furan rings is 1. The number of aromatic nitrogens is 3. The Labute approximate surface area is 156 Å². The summed E-state index contributed by atoms with van der Waals surface area (Å²) in [6.45, 7) is 3.88. The molecule has 7 nitrogen and oxygen atoms in total. The molecule has 2 aliphatic rings. The van der Waals surface area contributed by atoms with Gasteiger partial charge in [-0.2, -0.15) is 4.98 Å². The number of nitrogens with two attached hydrogens (primary N) is 1. The zero-order valence-electron chi connectivity index (χ0n) is 15.4. The Morgan fingerprint density at radius 2 is 2.19 bits per heavy atom. The van der Waals surface area contributed by atoms with Crippen LogP contribution in [0, 0.1) is 6.92 Å². The van der Waals surface area contributed by atoms with Crippen molar-refractivity contribution in [1.82, 2.24) is 15.0 Å². The Balaban J connectivity index is 1.70. The van der Waals surface area contributed by atoms with Crippen LogP contribution < -0.4 is 11.1 Å². The number of fused-ring (bicyclic) bond motifs is 2. The molecule has 27 heavy (non-hydrogen) atoms. The minimum absolute atomic E-state index is 0.00945. The van der Waals surface area contributed by atoms with Crippen LogP contribution in [0.15, 0.2) is 22.7 Å². The average Bonchev–Trinajstić information content (AvgIpc) is 3.05. The van der Waals surface area contributed by atoms with Gasteiger partial charge in [0.2, 0.25) is 5.71 Å². The highest BCUT2D eigenvalue weighted by atomic mass is 16.3. The lowest BCUT2D eigenvalue weighted by Crippen LogP contribution is -2.20. The van der Waals surface area contributed by atoms with Crippen molar-refractivity contribution in [2.24, 2.45) is 5.73 Å². The topological polar surface area (TPSA) is 107 Å². The second kappa shape index (κ2) is 5.52. The Kier molecular flexibility index (Phi) is 3.32. The maximum Gasteiger partial charge on any atom is 0.253 e. The fourth-order valence-electron chi connectivity index (χ4n) is 3.93. The molecule has 3 aromatic heterocycles. The molecule has 0 aromatic carbocycles. The highest BCUT2D eigenvalue weighted by Crippen LogP contribution is 2.42. The van der Waals surface area contributed by atoms with E-state index in [4.69, 9.17) is 15.1 Å². The van der Waals surface area contributed by atoms with Crippen molar-refractivity contribution in [1.29, 1.82) is 0 Å². The molecule has 5 rings (SSSR count). The summed E-state index contributed by atoms with van der Waals surface area (Å²) in [7, 11) is 0. The first kappa shape index (κ1) is 16.2. The molecule has 1 fully saturated rings. The molecule has 2 aliphatic carbocycles. The van der Waals surface area contributed by atoms with E-state index in [1.807, 2.05) is 12.3 Å². The van der Waals surface area contributed by atoms with Gasteiger partial charge in [-0.15, -0.1) is 0 Å². The standard InChI is InChI=1S/C20H21N5O2/c1-10-13(16(21)26)14-18(25-20(2)7-8-20)23-17(24-19(14)27-10)12-6-5-11-4-3-9-22-15(11)12/h3-4,9,12H,5-8H2,1-2H3,(H2,21,26)(H,23,24,25). The number of nitrogens with zero attached hydrogens (tertiary/aromatic N) is 3. The summed E-state index contributed by atoms with van der Waals surface area (Å²) in [4.78, 5) is 26.1. The Bertz CT molecular complexity index is 1080. The Morgan fingerprint density at radius 3 is 2.93 bits per heavy atom. The smallest absolute Gasteiger partial charge is 0.253 e. The molecule has 1 atom stereocenters. The largest absolute Gasteiger partial charge is 0.442 e. The molecule has 0 radical (unpaired) electrons. The third-order valence-corrected chi connectivity index (χ3v) is 5.68. The Morgan fingerprint density at radius 1 is 1.37 bits per heavy atom. The maximum absolute atomic E-state index is 12.0. The Hall–Kier alpha value is -2.96. The summed E-state index contributed by atoms with van der Waals surface area (Å²) in [6, 6.07) is 4.06. The molecule has 3 aromatic rings. The van der Waals surface area contributed by atoms with Gasteiger partial charge in [0.05, 0.1) is 22.6 Å². The monoisotopic (exact) mass is 363 g/mol. The number of hydrogen-bond donors (Lipinski definition) is 2. The number of aryl methyl sites for hydroxylation is 2. The second-order valence-electron chi connectivity index (χ2n) is 7.83. The normalized spacial score (nSPS) is 19.9. The number of primary amides is 1. The summed E-state index contributed by atoms with van der Waals surface area (Å²) >= 11 is 0. The molecule has 138 valence electrons.